The van der Waals surface area contributed by atoms with Crippen LogP contribution in [0.1, 0.15) is 44.1 Å². The minimum atomic E-state index is 0.260. The summed E-state index contributed by atoms with van der Waals surface area (Å²) < 4.78 is 6.35. The topological polar surface area (TPSA) is 35.2 Å². The van der Waals surface area contributed by atoms with Gasteiger partial charge in [-0.05, 0) is 50.3 Å². The summed E-state index contributed by atoms with van der Waals surface area (Å²) in [6.07, 6.45) is 8.21. The number of benzene rings is 1. The first-order chi connectivity index (χ1) is 9.19. The standard InChI is InChI=1S/C16H23NOS/c1-12-14(17)5-4-6-15(12)19-11-13-7-10-16(18-13)8-2-3-9-16/h4-6,13H,2-3,7-11,17H2,1H3. The third-order valence-corrected chi connectivity index (χ3v) is 5.90. The van der Waals surface area contributed by atoms with Gasteiger partial charge in [0.25, 0.3) is 0 Å². The molecule has 0 aromatic heterocycles. The van der Waals surface area contributed by atoms with Gasteiger partial charge in [0.1, 0.15) is 0 Å². The average molecular weight is 277 g/mol. The van der Waals surface area contributed by atoms with Crippen LogP contribution in [0, 0.1) is 6.92 Å². The number of ether oxygens (including phenoxy) is 1. The second-order valence-corrected chi connectivity index (χ2v) is 7.01. The monoisotopic (exact) mass is 277 g/mol. The molecule has 2 nitrogen and oxygen atoms in total. The van der Waals surface area contributed by atoms with Crippen LogP contribution in [0.4, 0.5) is 5.69 Å². The second-order valence-electron chi connectivity index (χ2n) is 5.95. The molecule has 1 aliphatic heterocycles. The Labute approximate surface area is 120 Å². The van der Waals surface area contributed by atoms with E-state index in [0.29, 0.717) is 6.10 Å². The fraction of sp³-hybridized carbons (Fsp3) is 0.625. The van der Waals surface area contributed by atoms with Crippen molar-refractivity contribution in [2.24, 2.45) is 0 Å². The van der Waals surface area contributed by atoms with Gasteiger partial charge in [-0.1, -0.05) is 18.9 Å². The SMILES string of the molecule is Cc1c(N)cccc1SCC1CCC2(CCCC2)O1. The average Bonchev–Trinajstić information content (AvgIpc) is 3.02. The predicted molar refractivity (Wildman–Crippen MR) is 81.6 cm³/mol. The van der Waals surface area contributed by atoms with E-state index in [9.17, 15) is 0 Å². The Morgan fingerprint density at radius 2 is 2.11 bits per heavy atom. The molecule has 0 bridgehead atoms. The molecule has 0 amide bonds. The quantitative estimate of drug-likeness (QED) is 0.665. The number of thioether (sulfide) groups is 1. The lowest BCUT2D eigenvalue weighted by atomic mass is 9.98. The van der Waals surface area contributed by atoms with Crippen molar-refractivity contribution in [2.45, 2.75) is 62.0 Å². The lowest BCUT2D eigenvalue weighted by Gasteiger charge is -2.23. The van der Waals surface area contributed by atoms with Crippen LogP contribution in [-0.2, 0) is 4.74 Å². The highest BCUT2D eigenvalue weighted by atomic mass is 32.2. The maximum absolute atomic E-state index is 6.35. The van der Waals surface area contributed by atoms with E-state index in [-0.39, 0.29) is 5.60 Å². The number of nitrogen functional groups attached to an aromatic ring is 1. The zero-order valence-electron chi connectivity index (χ0n) is 11.7. The zero-order chi connectivity index (χ0) is 13.3. The number of hydrogen-bond donors (Lipinski definition) is 1. The molecule has 1 aliphatic carbocycles. The van der Waals surface area contributed by atoms with Crippen molar-refractivity contribution in [2.75, 3.05) is 11.5 Å². The molecule has 19 heavy (non-hydrogen) atoms. The van der Waals surface area contributed by atoms with Crippen molar-refractivity contribution >= 4 is 17.4 Å². The molecule has 3 heteroatoms. The third kappa shape index (κ3) is 2.77. The van der Waals surface area contributed by atoms with E-state index in [1.54, 1.807) is 0 Å². The van der Waals surface area contributed by atoms with Gasteiger partial charge in [0, 0.05) is 16.3 Å². The van der Waals surface area contributed by atoms with Crippen molar-refractivity contribution in [1.29, 1.82) is 0 Å². The van der Waals surface area contributed by atoms with E-state index in [1.165, 1.54) is 49.0 Å². The molecule has 1 heterocycles. The Morgan fingerprint density at radius 1 is 1.32 bits per heavy atom. The van der Waals surface area contributed by atoms with Crippen LogP contribution in [0.25, 0.3) is 0 Å². The zero-order valence-corrected chi connectivity index (χ0v) is 12.5. The van der Waals surface area contributed by atoms with Gasteiger partial charge in [-0.2, -0.15) is 0 Å². The van der Waals surface area contributed by atoms with E-state index in [4.69, 9.17) is 10.5 Å². The highest BCUT2D eigenvalue weighted by molar-refractivity contribution is 7.99. The van der Waals surface area contributed by atoms with Gasteiger partial charge in [0.15, 0.2) is 0 Å². The molecule has 1 unspecified atom stereocenters. The summed E-state index contributed by atoms with van der Waals surface area (Å²) in [6.45, 7) is 2.10. The van der Waals surface area contributed by atoms with Crippen LogP contribution in [0.2, 0.25) is 0 Å². The first-order valence-corrected chi connectivity index (χ1v) is 8.33. The molecule has 1 atom stereocenters. The third-order valence-electron chi connectivity index (χ3n) is 4.60. The van der Waals surface area contributed by atoms with Crippen molar-refractivity contribution in [3.05, 3.63) is 23.8 Å². The van der Waals surface area contributed by atoms with E-state index in [2.05, 4.69) is 13.0 Å². The molecule has 104 valence electrons. The van der Waals surface area contributed by atoms with E-state index in [1.807, 2.05) is 23.9 Å². The molecule has 3 rings (SSSR count). The van der Waals surface area contributed by atoms with Crippen LogP contribution in [0.15, 0.2) is 23.1 Å². The molecule has 2 aliphatic rings. The first kappa shape index (κ1) is 13.3. The van der Waals surface area contributed by atoms with E-state index >= 15 is 0 Å². The smallest absolute Gasteiger partial charge is 0.0687 e. The molecule has 1 aromatic carbocycles. The van der Waals surface area contributed by atoms with Gasteiger partial charge in [-0.25, -0.2) is 0 Å². The molecule has 0 radical (unpaired) electrons. The summed E-state index contributed by atoms with van der Waals surface area (Å²) >= 11 is 1.90. The van der Waals surface area contributed by atoms with Crippen molar-refractivity contribution in [1.82, 2.24) is 0 Å². The van der Waals surface area contributed by atoms with Crippen LogP contribution < -0.4 is 5.73 Å². The summed E-state index contributed by atoms with van der Waals surface area (Å²) in [6, 6.07) is 6.17. The van der Waals surface area contributed by atoms with Gasteiger partial charge < -0.3 is 10.5 Å². The van der Waals surface area contributed by atoms with Gasteiger partial charge in [-0.3, -0.25) is 0 Å². The maximum atomic E-state index is 6.35. The first-order valence-electron chi connectivity index (χ1n) is 7.34. The Kier molecular flexibility index (Phi) is 3.77. The number of rotatable bonds is 3. The number of hydrogen-bond acceptors (Lipinski definition) is 3. The highest BCUT2D eigenvalue weighted by Gasteiger charge is 2.41. The van der Waals surface area contributed by atoms with Crippen LogP contribution in [-0.4, -0.2) is 17.5 Å². The van der Waals surface area contributed by atoms with Crippen molar-refractivity contribution < 1.29 is 4.74 Å². The van der Waals surface area contributed by atoms with E-state index < -0.39 is 0 Å². The Bertz CT molecular complexity index is 454. The molecule has 1 saturated carbocycles. The lowest BCUT2D eigenvalue weighted by Crippen LogP contribution is -2.25. The highest BCUT2D eigenvalue weighted by Crippen LogP contribution is 2.44. The van der Waals surface area contributed by atoms with Crippen LogP contribution in [0.5, 0.6) is 0 Å². The Hall–Kier alpha value is -0.670. The number of anilines is 1. The Morgan fingerprint density at radius 3 is 2.89 bits per heavy atom. The molecule has 2 fully saturated rings. The van der Waals surface area contributed by atoms with Crippen molar-refractivity contribution in [3.8, 4) is 0 Å². The summed E-state index contributed by atoms with van der Waals surface area (Å²) in [5.74, 6) is 1.06. The fourth-order valence-electron chi connectivity index (χ4n) is 3.37. The normalized spacial score (nSPS) is 25.2. The second kappa shape index (κ2) is 5.37. The lowest BCUT2D eigenvalue weighted by molar-refractivity contribution is -0.0267. The molecule has 1 aromatic rings. The number of nitrogens with two attached hydrogens (primary N) is 1. The van der Waals surface area contributed by atoms with Gasteiger partial charge in [-0.15, -0.1) is 11.8 Å². The fourth-order valence-corrected chi connectivity index (χ4v) is 4.48. The minimum absolute atomic E-state index is 0.260. The van der Waals surface area contributed by atoms with Gasteiger partial charge in [0.2, 0.25) is 0 Å². The van der Waals surface area contributed by atoms with Gasteiger partial charge >= 0.3 is 0 Å². The molecular formula is C16H23NOS. The summed E-state index contributed by atoms with van der Waals surface area (Å²) in [4.78, 5) is 1.30. The predicted octanol–water partition coefficient (Wildman–Crippen LogP) is 4.16. The van der Waals surface area contributed by atoms with Crippen LogP contribution >= 0.6 is 11.8 Å². The van der Waals surface area contributed by atoms with Crippen molar-refractivity contribution in [3.63, 3.8) is 0 Å². The maximum Gasteiger partial charge on any atom is 0.0687 e. The largest absolute Gasteiger partial charge is 0.398 e. The summed E-state index contributed by atoms with van der Waals surface area (Å²) in [5, 5.41) is 0. The minimum Gasteiger partial charge on any atom is -0.398 e. The van der Waals surface area contributed by atoms with E-state index in [0.717, 1.165) is 11.4 Å². The van der Waals surface area contributed by atoms with Crippen LogP contribution in [0.3, 0.4) is 0 Å². The Balaban J connectivity index is 1.57. The molecule has 1 saturated heterocycles. The molecule has 1 spiro atoms. The summed E-state index contributed by atoms with van der Waals surface area (Å²) in [7, 11) is 0. The van der Waals surface area contributed by atoms with Gasteiger partial charge in [0.05, 0.1) is 11.7 Å². The summed E-state index contributed by atoms with van der Waals surface area (Å²) in [5.41, 5.74) is 8.32. The molecular weight excluding hydrogens is 254 g/mol. The molecule has 2 N–H and O–H groups in total.